The molecule has 0 saturated carbocycles. The SMILES string of the molecule is COc1ccc(C2CC(C)Nc3nc(C)nn32)cc1OC. The Morgan fingerprint density at radius 1 is 1.24 bits per heavy atom. The zero-order valence-electron chi connectivity index (χ0n) is 12.8. The number of fused-ring (bicyclic) bond motifs is 1. The summed E-state index contributed by atoms with van der Waals surface area (Å²) in [7, 11) is 3.29. The van der Waals surface area contributed by atoms with Gasteiger partial charge < -0.3 is 14.8 Å². The van der Waals surface area contributed by atoms with Gasteiger partial charge in [0, 0.05) is 6.04 Å². The summed E-state index contributed by atoms with van der Waals surface area (Å²) in [6, 6.07) is 6.51. The second-order valence-corrected chi connectivity index (χ2v) is 5.34. The van der Waals surface area contributed by atoms with Crippen molar-refractivity contribution in [3.05, 3.63) is 29.6 Å². The summed E-state index contributed by atoms with van der Waals surface area (Å²) in [4.78, 5) is 4.44. The molecule has 1 aromatic carbocycles. The highest BCUT2D eigenvalue weighted by molar-refractivity contribution is 5.45. The normalized spacial score (nSPS) is 20.6. The zero-order chi connectivity index (χ0) is 15.0. The van der Waals surface area contributed by atoms with Gasteiger partial charge >= 0.3 is 0 Å². The Hall–Kier alpha value is -2.24. The summed E-state index contributed by atoms with van der Waals surface area (Å²) in [6.45, 7) is 4.06. The lowest BCUT2D eigenvalue weighted by atomic mass is 9.98. The van der Waals surface area contributed by atoms with Crippen LogP contribution in [0, 0.1) is 6.92 Å². The molecular formula is C15H20N4O2. The molecule has 2 atom stereocenters. The van der Waals surface area contributed by atoms with Gasteiger partial charge in [0.15, 0.2) is 11.5 Å². The van der Waals surface area contributed by atoms with Crippen molar-refractivity contribution in [2.75, 3.05) is 19.5 Å². The predicted octanol–water partition coefficient (Wildman–Crippen LogP) is 2.40. The molecule has 112 valence electrons. The number of anilines is 1. The van der Waals surface area contributed by atoms with E-state index in [4.69, 9.17) is 9.47 Å². The summed E-state index contributed by atoms with van der Waals surface area (Å²) in [5.41, 5.74) is 1.15. The number of hydrogen-bond acceptors (Lipinski definition) is 5. The maximum absolute atomic E-state index is 5.40. The average Bonchev–Trinajstić information content (AvgIpc) is 2.85. The Kier molecular flexibility index (Phi) is 3.45. The van der Waals surface area contributed by atoms with Gasteiger partial charge in [0.05, 0.1) is 20.3 Å². The van der Waals surface area contributed by atoms with Crippen LogP contribution in [-0.2, 0) is 0 Å². The first-order valence-electron chi connectivity index (χ1n) is 7.04. The highest BCUT2D eigenvalue weighted by atomic mass is 16.5. The maximum Gasteiger partial charge on any atom is 0.222 e. The topological polar surface area (TPSA) is 61.2 Å². The highest BCUT2D eigenvalue weighted by Crippen LogP contribution is 2.35. The van der Waals surface area contributed by atoms with Crippen molar-refractivity contribution in [2.24, 2.45) is 0 Å². The van der Waals surface area contributed by atoms with E-state index in [1.807, 2.05) is 23.7 Å². The molecule has 3 rings (SSSR count). The minimum Gasteiger partial charge on any atom is -0.493 e. The average molecular weight is 288 g/mol. The quantitative estimate of drug-likeness (QED) is 0.939. The Morgan fingerprint density at radius 2 is 2.00 bits per heavy atom. The monoisotopic (exact) mass is 288 g/mol. The van der Waals surface area contributed by atoms with Crippen LogP contribution in [0.2, 0.25) is 0 Å². The summed E-state index contributed by atoms with van der Waals surface area (Å²) >= 11 is 0. The van der Waals surface area contributed by atoms with E-state index < -0.39 is 0 Å². The molecule has 21 heavy (non-hydrogen) atoms. The minimum absolute atomic E-state index is 0.150. The third kappa shape index (κ3) is 2.41. The number of benzene rings is 1. The van der Waals surface area contributed by atoms with Crippen LogP contribution in [0.4, 0.5) is 5.95 Å². The Bertz CT molecular complexity index is 653. The third-order valence-electron chi connectivity index (χ3n) is 3.78. The Balaban J connectivity index is 2.04. The molecule has 0 saturated heterocycles. The fourth-order valence-corrected chi connectivity index (χ4v) is 2.80. The summed E-state index contributed by atoms with van der Waals surface area (Å²) in [5, 5.41) is 7.88. The van der Waals surface area contributed by atoms with Crippen LogP contribution in [0.25, 0.3) is 0 Å². The number of rotatable bonds is 3. The molecule has 6 heteroatoms. The van der Waals surface area contributed by atoms with Gasteiger partial charge in [0.2, 0.25) is 5.95 Å². The molecule has 2 unspecified atom stereocenters. The Morgan fingerprint density at radius 3 is 2.71 bits per heavy atom. The molecule has 6 nitrogen and oxygen atoms in total. The van der Waals surface area contributed by atoms with Gasteiger partial charge in [-0.05, 0) is 38.0 Å². The van der Waals surface area contributed by atoms with E-state index >= 15 is 0 Å². The lowest BCUT2D eigenvalue weighted by Crippen LogP contribution is -2.31. The standard InChI is InChI=1S/C15H20N4O2/c1-9-7-12(19-15(16-9)17-10(2)18-19)11-5-6-13(20-3)14(8-11)21-4/h5-6,8-9,12H,7H2,1-4H3,(H,16,17,18). The molecule has 1 aromatic heterocycles. The first-order valence-corrected chi connectivity index (χ1v) is 7.04. The minimum atomic E-state index is 0.150. The number of nitrogens with zero attached hydrogens (tertiary/aromatic N) is 3. The number of hydrogen-bond donors (Lipinski definition) is 1. The van der Waals surface area contributed by atoms with Gasteiger partial charge in [-0.3, -0.25) is 0 Å². The third-order valence-corrected chi connectivity index (χ3v) is 3.78. The molecule has 2 aromatic rings. The molecule has 1 N–H and O–H groups in total. The van der Waals surface area contributed by atoms with E-state index in [9.17, 15) is 0 Å². The second kappa shape index (κ2) is 5.27. The van der Waals surface area contributed by atoms with E-state index in [-0.39, 0.29) is 6.04 Å². The van der Waals surface area contributed by atoms with Gasteiger partial charge in [-0.2, -0.15) is 10.1 Å². The van der Waals surface area contributed by atoms with E-state index in [2.05, 4.69) is 28.4 Å². The van der Waals surface area contributed by atoms with Gasteiger partial charge in [-0.25, -0.2) is 4.68 Å². The first kappa shape index (κ1) is 13.7. The van der Waals surface area contributed by atoms with Crippen molar-refractivity contribution in [1.82, 2.24) is 14.8 Å². The number of nitrogens with one attached hydrogen (secondary N) is 1. The van der Waals surface area contributed by atoms with E-state index in [0.29, 0.717) is 6.04 Å². The molecule has 0 bridgehead atoms. The maximum atomic E-state index is 5.40. The molecule has 1 aliphatic heterocycles. The fourth-order valence-electron chi connectivity index (χ4n) is 2.80. The summed E-state index contributed by atoms with van der Waals surface area (Å²) in [5.74, 6) is 3.07. The molecule has 0 amide bonds. The molecule has 1 aliphatic rings. The van der Waals surface area contributed by atoms with Gasteiger partial charge in [-0.1, -0.05) is 6.07 Å². The van der Waals surface area contributed by atoms with Crippen molar-refractivity contribution in [2.45, 2.75) is 32.4 Å². The molecule has 0 spiro atoms. The number of ether oxygens (including phenoxy) is 2. The van der Waals surface area contributed by atoms with Crippen molar-refractivity contribution >= 4 is 5.95 Å². The molecule has 2 heterocycles. The van der Waals surface area contributed by atoms with Crippen LogP contribution in [-0.4, -0.2) is 35.0 Å². The van der Waals surface area contributed by atoms with Crippen LogP contribution in [0.5, 0.6) is 11.5 Å². The smallest absolute Gasteiger partial charge is 0.222 e. The fraction of sp³-hybridized carbons (Fsp3) is 0.467. The molecule has 0 fully saturated rings. The van der Waals surface area contributed by atoms with Gasteiger partial charge in [0.1, 0.15) is 5.82 Å². The van der Waals surface area contributed by atoms with Crippen molar-refractivity contribution < 1.29 is 9.47 Å². The lowest BCUT2D eigenvalue weighted by molar-refractivity contribution is 0.352. The summed E-state index contributed by atoms with van der Waals surface area (Å²) in [6.07, 6.45) is 0.950. The predicted molar refractivity (Wildman–Crippen MR) is 80.1 cm³/mol. The van der Waals surface area contributed by atoms with Crippen LogP contribution in [0.3, 0.4) is 0 Å². The summed E-state index contributed by atoms with van der Waals surface area (Å²) < 4.78 is 12.7. The Labute approximate surface area is 124 Å². The van der Waals surface area contributed by atoms with Crippen LogP contribution in [0.1, 0.15) is 30.8 Å². The first-order chi connectivity index (χ1) is 10.1. The van der Waals surface area contributed by atoms with Gasteiger partial charge in [-0.15, -0.1) is 0 Å². The number of aromatic nitrogens is 3. The molecule has 0 aliphatic carbocycles. The van der Waals surface area contributed by atoms with Gasteiger partial charge in [0.25, 0.3) is 0 Å². The highest BCUT2D eigenvalue weighted by Gasteiger charge is 2.28. The van der Waals surface area contributed by atoms with Crippen LogP contribution in [0.15, 0.2) is 18.2 Å². The van der Waals surface area contributed by atoms with Crippen molar-refractivity contribution in [3.63, 3.8) is 0 Å². The van der Waals surface area contributed by atoms with Crippen LogP contribution >= 0.6 is 0 Å². The second-order valence-electron chi connectivity index (χ2n) is 5.34. The molecule has 0 radical (unpaired) electrons. The number of methoxy groups -OCH3 is 2. The van der Waals surface area contributed by atoms with Crippen molar-refractivity contribution in [1.29, 1.82) is 0 Å². The van der Waals surface area contributed by atoms with Crippen LogP contribution < -0.4 is 14.8 Å². The largest absolute Gasteiger partial charge is 0.493 e. The van der Waals surface area contributed by atoms with E-state index in [1.54, 1.807) is 14.2 Å². The number of aryl methyl sites for hydroxylation is 1. The zero-order valence-corrected chi connectivity index (χ0v) is 12.8. The van der Waals surface area contributed by atoms with Crippen molar-refractivity contribution in [3.8, 4) is 11.5 Å². The molecular weight excluding hydrogens is 268 g/mol. The van der Waals surface area contributed by atoms with E-state index in [0.717, 1.165) is 35.3 Å². The lowest BCUT2D eigenvalue weighted by Gasteiger charge is -2.29. The van der Waals surface area contributed by atoms with E-state index in [1.165, 1.54) is 0 Å².